The van der Waals surface area contributed by atoms with Crippen LogP contribution in [0.5, 0.6) is 0 Å². The smallest absolute Gasteiger partial charge is 0.244 e. The maximum Gasteiger partial charge on any atom is 0.244 e. The Hall–Kier alpha value is -2.78. The normalized spacial score (nSPS) is 12.5. The fraction of sp³-hybridized carbons (Fsp3) is 0.333. The number of carbonyl (C=O) groups excluding carboxylic acids is 2. The molecule has 0 bridgehead atoms. The number of amides is 2. The Kier molecular flexibility index (Phi) is 10.7. The van der Waals surface area contributed by atoms with E-state index in [1.807, 2.05) is 51.1 Å². The second-order valence-electron chi connectivity index (χ2n) is 10.8. The van der Waals surface area contributed by atoms with Crippen LogP contribution in [-0.4, -0.2) is 49.5 Å². The zero-order valence-electron chi connectivity index (χ0n) is 23.6. The summed E-state index contributed by atoms with van der Waals surface area (Å²) in [5.41, 5.74) is 1.42. The molecule has 3 aromatic rings. The van der Waals surface area contributed by atoms with Crippen LogP contribution < -0.4 is 9.62 Å². The molecule has 0 saturated heterocycles. The Morgan fingerprint density at radius 2 is 1.44 bits per heavy atom. The van der Waals surface area contributed by atoms with Gasteiger partial charge in [-0.1, -0.05) is 77.3 Å². The average Bonchev–Trinajstić information content (AvgIpc) is 2.87. The molecule has 0 radical (unpaired) electrons. The van der Waals surface area contributed by atoms with Crippen molar-refractivity contribution in [1.29, 1.82) is 0 Å². The molecule has 2 amide bonds. The molecule has 0 unspecified atom stereocenters. The first kappa shape index (κ1) is 32.7. The van der Waals surface area contributed by atoms with Gasteiger partial charge in [-0.3, -0.25) is 13.9 Å². The second kappa shape index (κ2) is 13.5. The molecule has 0 aliphatic carbocycles. The standard InChI is InChI=1S/C30H34Cl3N3O4S/c1-20-23(31)13-10-16-26(20)36(41(5,39)40)19-28(37)35(18-22-24(32)14-9-15-25(22)33)27(29(38)34-30(2,3)4)17-21-11-7-6-8-12-21/h6-16,27H,17-19H2,1-5H3,(H,34,38)/t27-/m0/s1. The number of sulfonamides is 1. The second-order valence-corrected chi connectivity index (χ2v) is 13.9. The summed E-state index contributed by atoms with van der Waals surface area (Å²) in [7, 11) is -3.93. The van der Waals surface area contributed by atoms with E-state index in [4.69, 9.17) is 34.8 Å². The first-order valence-corrected chi connectivity index (χ1v) is 15.9. The molecule has 0 aromatic heterocycles. The van der Waals surface area contributed by atoms with E-state index in [-0.39, 0.29) is 18.7 Å². The molecule has 1 atom stereocenters. The number of benzene rings is 3. The number of nitrogens with zero attached hydrogens (tertiary/aromatic N) is 2. The molecule has 3 aromatic carbocycles. The quantitative estimate of drug-likeness (QED) is 0.283. The van der Waals surface area contributed by atoms with Crippen LogP contribution in [0, 0.1) is 6.92 Å². The number of rotatable bonds is 10. The Bertz CT molecular complexity index is 1490. The molecular formula is C30H34Cl3N3O4S. The summed E-state index contributed by atoms with van der Waals surface area (Å²) in [4.78, 5) is 29.4. The zero-order chi connectivity index (χ0) is 30.5. The van der Waals surface area contributed by atoms with Crippen molar-refractivity contribution < 1.29 is 18.0 Å². The van der Waals surface area contributed by atoms with Gasteiger partial charge in [0, 0.05) is 39.1 Å². The Morgan fingerprint density at radius 1 is 0.878 bits per heavy atom. The minimum absolute atomic E-state index is 0.126. The molecule has 7 nitrogen and oxygen atoms in total. The fourth-order valence-electron chi connectivity index (χ4n) is 4.32. The molecule has 3 rings (SSSR count). The third-order valence-electron chi connectivity index (χ3n) is 6.35. The van der Waals surface area contributed by atoms with Crippen LogP contribution in [0.2, 0.25) is 15.1 Å². The lowest BCUT2D eigenvalue weighted by molar-refractivity contribution is -0.140. The van der Waals surface area contributed by atoms with E-state index in [2.05, 4.69) is 5.32 Å². The third-order valence-corrected chi connectivity index (χ3v) is 8.59. The summed E-state index contributed by atoms with van der Waals surface area (Å²) < 4.78 is 27.0. The first-order valence-electron chi connectivity index (χ1n) is 12.9. The van der Waals surface area contributed by atoms with Gasteiger partial charge < -0.3 is 10.2 Å². The van der Waals surface area contributed by atoms with E-state index in [1.54, 1.807) is 43.3 Å². The van der Waals surface area contributed by atoms with Gasteiger partial charge in [0.2, 0.25) is 21.8 Å². The molecule has 41 heavy (non-hydrogen) atoms. The molecule has 0 heterocycles. The van der Waals surface area contributed by atoms with Gasteiger partial charge in [-0.15, -0.1) is 0 Å². The largest absolute Gasteiger partial charge is 0.350 e. The zero-order valence-corrected chi connectivity index (χ0v) is 26.7. The monoisotopic (exact) mass is 637 g/mol. The van der Waals surface area contributed by atoms with Gasteiger partial charge in [0.15, 0.2) is 0 Å². The predicted molar refractivity (Wildman–Crippen MR) is 167 cm³/mol. The van der Waals surface area contributed by atoms with Crippen molar-refractivity contribution in [3.63, 3.8) is 0 Å². The SMILES string of the molecule is Cc1c(Cl)cccc1N(CC(=O)N(Cc1c(Cl)cccc1Cl)[C@@H](Cc1ccccc1)C(=O)NC(C)(C)C)S(C)(=O)=O. The fourth-order valence-corrected chi connectivity index (χ4v) is 5.91. The average molecular weight is 639 g/mol. The number of carbonyl (C=O) groups is 2. The van der Waals surface area contributed by atoms with E-state index in [0.29, 0.717) is 26.2 Å². The molecule has 0 fully saturated rings. The van der Waals surface area contributed by atoms with Gasteiger partial charge >= 0.3 is 0 Å². The highest BCUT2D eigenvalue weighted by Crippen LogP contribution is 2.30. The van der Waals surface area contributed by atoms with Gasteiger partial charge in [-0.2, -0.15) is 0 Å². The van der Waals surface area contributed by atoms with Crippen LogP contribution in [0.1, 0.15) is 37.5 Å². The highest BCUT2D eigenvalue weighted by Gasteiger charge is 2.35. The van der Waals surface area contributed by atoms with Crippen molar-refractivity contribution in [2.75, 3.05) is 17.1 Å². The van der Waals surface area contributed by atoms with Crippen molar-refractivity contribution in [2.24, 2.45) is 0 Å². The van der Waals surface area contributed by atoms with Crippen molar-refractivity contribution in [1.82, 2.24) is 10.2 Å². The summed E-state index contributed by atoms with van der Waals surface area (Å²) in [5.74, 6) is -1.02. The molecule has 11 heteroatoms. The molecule has 0 aliphatic rings. The van der Waals surface area contributed by atoms with Crippen LogP contribution in [0.4, 0.5) is 5.69 Å². The van der Waals surface area contributed by atoms with Crippen molar-refractivity contribution in [3.05, 3.63) is 98.5 Å². The summed E-state index contributed by atoms with van der Waals surface area (Å²) in [5, 5.41) is 3.96. The number of hydrogen-bond acceptors (Lipinski definition) is 4. The Labute approximate surface area is 257 Å². The minimum atomic E-state index is -3.93. The molecule has 0 aliphatic heterocycles. The predicted octanol–water partition coefficient (Wildman–Crippen LogP) is 6.28. The lowest BCUT2D eigenvalue weighted by Crippen LogP contribution is -2.56. The van der Waals surface area contributed by atoms with E-state index in [0.717, 1.165) is 16.1 Å². The summed E-state index contributed by atoms with van der Waals surface area (Å²) in [6, 6.07) is 18.1. The molecule has 1 N–H and O–H groups in total. The topological polar surface area (TPSA) is 86.8 Å². The minimum Gasteiger partial charge on any atom is -0.350 e. The molecule has 0 saturated carbocycles. The molecule has 0 spiro atoms. The Balaban J connectivity index is 2.15. The van der Waals surface area contributed by atoms with Gasteiger partial charge in [-0.05, 0) is 63.1 Å². The van der Waals surface area contributed by atoms with Crippen LogP contribution in [0.3, 0.4) is 0 Å². The van der Waals surface area contributed by atoms with Crippen LogP contribution in [-0.2, 0) is 32.6 Å². The van der Waals surface area contributed by atoms with Crippen molar-refractivity contribution >= 4 is 62.3 Å². The number of halogens is 3. The highest BCUT2D eigenvalue weighted by atomic mass is 35.5. The number of nitrogens with one attached hydrogen (secondary N) is 1. The maximum absolute atomic E-state index is 14.2. The van der Waals surface area contributed by atoms with Gasteiger partial charge in [-0.25, -0.2) is 8.42 Å². The first-order chi connectivity index (χ1) is 19.1. The van der Waals surface area contributed by atoms with Crippen LogP contribution >= 0.6 is 34.8 Å². The van der Waals surface area contributed by atoms with Crippen molar-refractivity contribution in [2.45, 2.75) is 52.2 Å². The van der Waals surface area contributed by atoms with Crippen LogP contribution in [0.15, 0.2) is 66.7 Å². The van der Waals surface area contributed by atoms with Gasteiger partial charge in [0.1, 0.15) is 12.6 Å². The van der Waals surface area contributed by atoms with Gasteiger partial charge in [0.05, 0.1) is 11.9 Å². The molecular weight excluding hydrogens is 605 g/mol. The van der Waals surface area contributed by atoms with Crippen LogP contribution in [0.25, 0.3) is 0 Å². The lowest BCUT2D eigenvalue weighted by Gasteiger charge is -2.35. The lowest BCUT2D eigenvalue weighted by atomic mass is 10.0. The third kappa shape index (κ3) is 8.85. The summed E-state index contributed by atoms with van der Waals surface area (Å²) in [6.45, 7) is 6.50. The maximum atomic E-state index is 14.2. The number of anilines is 1. The van der Waals surface area contributed by atoms with E-state index in [9.17, 15) is 18.0 Å². The van der Waals surface area contributed by atoms with Gasteiger partial charge in [0.25, 0.3) is 0 Å². The Morgan fingerprint density at radius 3 is 2.00 bits per heavy atom. The summed E-state index contributed by atoms with van der Waals surface area (Å²) >= 11 is 19.3. The summed E-state index contributed by atoms with van der Waals surface area (Å²) in [6.07, 6.45) is 1.19. The van der Waals surface area contributed by atoms with E-state index in [1.165, 1.54) is 4.90 Å². The molecule has 220 valence electrons. The number of hydrogen-bond donors (Lipinski definition) is 1. The van der Waals surface area contributed by atoms with E-state index >= 15 is 0 Å². The highest BCUT2D eigenvalue weighted by molar-refractivity contribution is 7.92. The van der Waals surface area contributed by atoms with E-state index < -0.39 is 40.0 Å². The van der Waals surface area contributed by atoms with Crippen molar-refractivity contribution in [3.8, 4) is 0 Å².